The number of hydrogen-bond donors (Lipinski definition) is 2. The smallest absolute Gasteiger partial charge is 0.183 e. The zero-order valence-electron chi connectivity index (χ0n) is 6.64. The monoisotopic (exact) mass is 193 g/mol. The Bertz CT molecular complexity index is 474. The van der Waals surface area contributed by atoms with Crippen LogP contribution in [-0.2, 0) is 0 Å². The fraction of sp³-hybridized carbons (Fsp3) is 0. The van der Waals surface area contributed by atoms with Crippen LogP contribution >= 0.6 is 12.2 Å². The molecule has 0 aliphatic rings. The Hall–Kier alpha value is -1.62. The first-order valence-corrected chi connectivity index (χ1v) is 4.10. The van der Waals surface area contributed by atoms with Gasteiger partial charge in [0, 0.05) is 18.6 Å². The highest BCUT2D eigenvalue weighted by Crippen LogP contribution is 2.17. The van der Waals surface area contributed by atoms with Crippen molar-refractivity contribution < 1.29 is 5.11 Å². The van der Waals surface area contributed by atoms with Crippen molar-refractivity contribution in [3.05, 3.63) is 35.5 Å². The first-order valence-electron chi connectivity index (χ1n) is 3.69. The minimum absolute atomic E-state index is 0.109. The molecule has 2 heterocycles. The van der Waals surface area contributed by atoms with Gasteiger partial charge in [-0.25, -0.2) is 4.98 Å². The standard InChI is InChI=1S/C8H7N3OS/c12-6-2-1-3-9-7(6)11-5-4-10-8(11)13/h1-5,12H,(H,10,13). The molecule has 0 aliphatic carbocycles. The summed E-state index contributed by atoms with van der Waals surface area (Å²) in [5.41, 5.74) is 0. The maximum Gasteiger partial charge on any atom is 0.183 e. The fourth-order valence-electron chi connectivity index (χ4n) is 1.06. The summed E-state index contributed by atoms with van der Waals surface area (Å²) in [6.07, 6.45) is 5.00. The summed E-state index contributed by atoms with van der Waals surface area (Å²) in [5.74, 6) is 0.548. The highest BCUT2D eigenvalue weighted by Gasteiger charge is 2.03. The van der Waals surface area contributed by atoms with Crippen molar-refractivity contribution in [1.82, 2.24) is 14.5 Å². The maximum atomic E-state index is 9.46. The largest absolute Gasteiger partial charge is 0.504 e. The molecule has 0 aliphatic heterocycles. The van der Waals surface area contributed by atoms with Gasteiger partial charge in [0.1, 0.15) is 0 Å². The first kappa shape index (κ1) is 8.00. The number of H-pyrrole nitrogens is 1. The molecule has 0 fully saturated rings. The summed E-state index contributed by atoms with van der Waals surface area (Å²) in [6, 6.07) is 3.23. The fourth-order valence-corrected chi connectivity index (χ4v) is 1.28. The van der Waals surface area contributed by atoms with Gasteiger partial charge in [0.05, 0.1) is 0 Å². The minimum atomic E-state index is 0.109. The Morgan fingerprint density at radius 1 is 1.54 bits per heavy atom. The van der Waals surface area contributed by atoms with E-state index in [-0.39, 0.29) is 5.75 Å². The lowest BCUT2D eigenvalue weighted by Crippen LogP contribution is -1.95. The van der Waals surface area contributed by atoms with Crippen molar-refractivity contribution in [3.8, 4) is 11.6 Å². The SMILES string of the molecule is Oc1cccnc1-n1cc[nH]c1=S. The van der Waals surface area contributed by atoms with Crippen molar-refractivity contribution in [2.75, 3.05) is 0 Å². The third kappa shape index (κ3) is 1.33. The molecule has 0 bridgehead atoms. The summed E-state index contributed by atoms with van der Waals surface area (Å²) in [5, 5.41) is 9.46. The van der Waals surface area contributed by atoms with E-state index in [9.17, 15) is 5.11 Å². The molecule has 0 amide bonds. The third-order valence-corrected chi connectivity index (χ3v) is 1.96. The Morgan fingerprint density at radius 2 is 2.38 bits per heavy atom. The molecule has 2 aromatic heterocycles. The molecule has 66 valence electrons. The van der Waals surface area contributed by atoms with Crippen LogP contribution in [0, 0.1) is 4.77 Å². The number of aromatic amines is 1. The van der Waals surface area contributed by atoms with Gasteiger partial charge in [-0.3, -0.25) is 4.57 Å². The van der Waals surface area contributed by atoms with Gasteiger partial charge in [-0.1, -0.05) is 0 Å². The van der Waals surface area contributed by atoms with Crippen molar-refractivity contribution >= 4 is 12.2 Å². The normalized spacial score (nSPS) is 10.2. The first-order chi connectivity index (χ1) is 6.29. The number of hydrogen-bond acceptors (Lipinski definition) is 3. The molecular weight excluding hydrogens is 186 g/mol. The van der Waals surface area contributed by atoms with E-state index in [1.54, 1.807) is 35.3 Å². The quantitative estimate of drug-likeness (QED) is 0.677. The van der Waals surface area contributed by atoms with E-state index >= 15 is 0 Å². The second-order valence-corrected chi connectivity index (χ2v) is 2.87. The van der Waals surface area contributed by atoms with Crippen LogP contribution < -0.4 is 0 Å². The molecule has 0 radical (unpaired) electrons. The van der Waals surface area contributed by atoms with Crippen LogP contribution in [0.15, 0.2) is 30.7 Å². The lowest BCUT2D eigenvalue weighted by Gasteiger charge is -2.01. The number of nitrogens with zero attached hydrogens (tertiary/aromatic N) is 2. The molecule has 0 saturated heterocycles. The average molecular weight is 193 g/mol. The number of nitrogens with one attached hydrogen (secondary N) is 1. The van der Waals surface area contributed by atoms with E-state index < -0.39 is 0 Å². The zero-order valence-corrected chi connectivity index (χ0v) is 7.45. The van der Waals surface area contributed by atoms with Crippen LogP contribution in [0.3, 0.4) is 0 Å². The molecule has 2 rings (SSSR count). The summed E-state index contributed by atoms with van der Waals surface area (Å²) < 4.78 is 2.11. The summed E-state index contributed by atoms with van der Waals surface area (Å²) >= 11 is 4.98. The number of pyridine rings is 1. The van der Waals surface area contributed by atoms with Crippen LogP contribution in [0.4, 0.5) is 0 Å². The van der Waals surface area contributed by atoms with E-state index in [4.69, 9.17) is 12.2 Å². The van der Waals surface area contributed by atoms with Gasteiger partial charge in [0.15, 0.2) is 16.3 Å². The summed E-state index contributed by atoms with van der Waals surface area (Å²) in [7, 11) is 0. The highest BCUT2D eigenvalue weighted by atomic mass is 32.1. The van der Waals surface area contributed by atoms with E-state index in [1.807, 2.05) is 0 Å². The van der Waals surface area contributed by atoms with Crippen molar-refractivity contribution in [1.29, 1.82) is 0 Å². The number of aromatic hydroxyl groups is 1. The Labute approximate surface area is 79.5 Å². The predicted molar refractivity (Wildman–Crippen MR) is 50.4 cm³/mol. The lowest BCUT2D eigenvalue weighted by molar-refractivity contribution is 0.469. The minimum Gasteiger partial charge on any atom is -0.504 e. The van der Waals surface area contributed by atoms with Crippen LogP contribution in [0.5, 0.6) is 5.75 Å². The van der Waals surface area contributed by atoms with Crippen LogP contribution in [0.25, 0.3) is 5.82 Å². The molecule has 0 unspecified atom stereocenters. The zero-order chi connectivity index (χ0) is 9.26. The number of imidazole rings is 1. The Morgan fingerprint density at radius 3 is 3.00 bits per heavy atom. The van der Waals surface area contributed by atoms with Crippen LogP contribution in [0.2, 0.25) is 0 Å². The molecule has 0 aromatic carbocycles. The van der Waals surface area contributed by atoms with Crippen molar-refractivity contribution in [3.63, 3.8) is 0 Å². The van der Waals surface area contributed by atoms with E-state index in [0.29, 0.717) is 10.6 Å². The van der Waals surface area contributed by atoms with Crippen LogP contribution in [-0.4, -0.2) is 19.6 Å². The lowest BCUT2D eigenvalue weighted by atomic mass is 10.4. The van der Waals surface area contributed by atoms with Gasteiger partial charge in [0.2, 0.25) is 0 Å². The Kier molecular flexibility index (Phi) is 1.86. The number of rotatable bonds is 1. The molecule has 0 saturated carbocycles. The van der Waals surface area contributed by atoms with Gasteiger partial charge in [-0.2, -0.15) is 0 Å². The van der Waals surface area contributed by atoms with Gasteiger partial charge in [0.25, 0.3) is 0 Å². The third-order valence-electron chi connectivity index (χ3n) is 1.64. The molecular formula is C8H7N3OS. The number of aromatic nitrogens is 3. The van der Waals surface area contributed by atoms with Gasteiger partial charge >= 0.3 is 0 Å². The highest BCUT2D eigenvalue weighted by molar-refractivity contribution is 7.71. The van der Waals surface area contributed by atoms with Gasteiger partial charge < -0.3 is 10.1 Å². The summed E-state index contributed by atoms with van der Waals surface area (Å²) in [6.45, 7) is 0. The summed E-state index contributed by atoms with van der Waals surface area (Å²) in [4.78, 5) is 6.83. The Balaban J connectivity index is 2.66. The second-order valence-electron chi connectivity index (χ2n) is 2.48. The van der Waals surface area contributed by atoms with Crippen molar-refractivity contribution in [2.24, 2.45) is 0 Å². The molecule has 2 N–H and O–H groups in total. The van der Waals surface area contributed by atoms with E-state index in [1.165, 1.54) is 0 Å². The maximum absolute atomic E-state index is 9.46. The second kappa shape index (κ2) is 3.02. The van der Waals surface area contributed by atoms with Crippen LogP contribution in [0.1, 0.15) is 0 Å². The van der Waals surface area contributed by atoms with E-state index in [0.717, 1.165) is 0 Å². The van der Waals surface area contributed by atoms with Gasteiger partial charge in [-0.05, 0) is 24.4 Å². The molecule has 2 aromatic rings. The van der Waals surface area contributed by atoms with Crippen molar-refractivity contribution in [2.45, 2.75) is 0 Å². The van der Waals surface area contributed by atoms with E-state index in [2.05, 4.69) is 9.97 Å². The molecule has 0 spiro atoms. The molecule has 4 nitrogen and oxygen atoms in total. The topological polar surface area (TPSA) is 53.8 Å². The predicted octanol–water partition coefficient (Wildman–Crippen LogP) is 1.64. The molecule has 5 heteroatoms. The van der Waals surface area contributed by atoms with Gasteiger partial charge in [-0.15, -0.1) is 0 Å². The molecule has 0 atom stereocenters. The average Bonchev–Trinajstić information content (AvgIpc) is 2.52. The molecule has 13 heavy (non-hydrogen) atoms.